The van der Waals surface area contributed by atoms with Crippen molar-refractivity contribution in [3.05, 3.63) is 82.2 Å². The number of ketones is 1. The van der Waals surface area contributed by atoms with Crippen molar-refractivity contribution in [1.29, 1.82) is 0 Å². The van der Waals surface area contributed by atoms with Gasteiger partial charge in [0.25, 0.3) is 5.56 Å². The Labute approximate surface area is 174 Å². The Balaban J connectivity index is 1.56. The number of carbonyl (C=O) groups excluding carboxylic acids is 1. The van der Waals surface area contributed by atoms with Crippen LogP contribution >= 0.6 is 0 Å². The van der Waals surface area contributed by atoms with Crippen LogP contribution in [0.1, 0.15) is 30.9 Å². The topological polar surface area (TPSA) is 57.5 Å². The molecular formula is C25H23NO4. The zero-order chi connectivity index (χ0) is 20.9. The second kappa shape index (κ2) is 8.82. The number of hydrogen-bond acceptors (Lipinski definition) is 4. The van der Waals surface area contributed by atoms with Crippen LogP contribution in [0.3, 0.4) is 0 Å². The summed E-state index contributed by atoms with van der Waals surface area (Å²) in [5.74, 6) is 1.18. The minimum atomic E-state index is -0.194. The third kappa shape index (κ3) is 4.20. The Kier molecular flexibility index (Phi) is 5.80. The highest BCUT2D eigenvalue weighted by atomic mass is 16.7. The normalized spacial score (nSPS) is 13.0. The Bertz CT molecular complexity index is 1200. The molecule has 1 aromatic heterocycles. The van der Waals surface area contributed by atoms with Crippen LogP contribution in [0.5, 0.6) is 11.5 Å². The average molecular weight is 401 g/mol. The van der Waals surface area contributed by atoms with Gasteiger partial charge in [-0.1, -0.05) is 43.7 Å². The van der Waals surface area contributed by atoms with Crippen molar-refractivity contribution < 1.29 is 14.3 Å². The summed E-state index contributed by atoms with van der Waals surface area (Å²) in [6, 6.07) is 15.2. The summed E-state index contributed by atoms with van der Waals surface area (Å²) in [6.07, 6.45) is 8.15. The summed E-state index contributed by atoms with van der Waals surface area (Å²) in [7, 11) is 0. The van der Waals surface area contributed by atoms with Crippen LogP contribution in [-0.2, 0) is 11.3 Å². The molecule has 0 atom stereocenters. The smallest absolute Gasteiger partial charge is 0.258 e. The van der Waals surface area contributed by atoms with Crippen LogP contribution in [0.15, 0.2) is 65.5 Å². The standard InChI is InChI=1S/C25H23NO4/c1-2-3-14-26-22-7-5-4-6-19(22)16-20(25(26)28)10-12-21(27)11-8-18-9-13-23-24(15-18)30-17-29-23/h4-13,15-16H,2-3,14,17H2,1H3/b11-8+,12-10+. The maximum absolute atomic E-state index is 12.9. The molecule has 1 aliphatic rings. The lowest BCUT2D eigenvalue weighted by atomic mass is 10.1. The van der Waals surface area contributed by atoms with E-state index in [0.29, 0.717) is 23.6 Å². The first kappa shape index (κ1) is 19.7. The Morgan fingerprint density at radius 2 is 1.83 bits per heavy atom. The van der Waals surface area contributed by atoms with E-state index >= 15 is 0 Å². The summed E-state index contributed by atoms with van der Waals surface area (Å²) < 4.78 is 12.4. The molecule has 1 aliphatic heterocycles. The van der Waals surface area contributed by atoms with E-state index in [1.165, 1.54) is 12.2 Å². The number of benzene rings is 2. The number of aryl methyl sites for hydroxylation is 1. The van der Waals surface area contributed by atoms with Crippen LogP contribution in [0.25, 0.3) is 23.1 Å². The van der Waals surface area contributed by atoms with Crippen LogP contribution in [0, 0.1) is 0 Å². The summed E-state index contributed by atoms with van der Waals surface area (Å²) in [6.45, 7) is 2.98. The maximum Gasteiger partial charge on any atom is 0.258 e. The number of ether oxygens (including phenoxy) is 2. The number of hydrogen-bond donors (Lipinski definition) is 0. The van der Waals surface area contributed by atoms with Gasteiger partial charge in [0.05, 0.1) is 5.52 Å². The van der Waals surface area contributed by atoms with E-state index in [1.807, 2.05) is 48.5 Å². The van der Waals surface area contributed by atoms with Crippen LogP contribution in [0.4, 0.5) is 0 Å². The number of aromatic nitrogens is 1. The molecule has 5 heteroatoms. The molecule has 0 fully saturated rings. The predicted molar refractivity (Wildman–Crippen MR) is 119 cm³/mol. The monoisotopic (exact) mass is 401 g/mol. The van der Waals surface area contributed by atoms with Crippen LogP contribution in [0.2, 0.25) is 0 Å². The Morgan fingerprint density at radius 3 is 2.70 bits per heavy atom. The lowest BCUT2D eigenvalue weighted by molar-refractivity contribution is -0.110. The van der Waals surface area contributed by atoms with Gasteiger partial charge in [-0.15, -0.1) is 0 Å². The minimum absolute atomic E-state index is 0.0778. The quantitative estimate of drug-likeness (QED) is 0.532. The lowest BCUT2D eigenvalue weighted by Crippen LogP contribution is -2.22. The van der Waals surface area contributed by atoms with Gasteiger partial charge in [0.2, 0.25) is 6.79 Å². The highest BCUT2D eigenvalue weighted by Gasteiger charge is 2.12. The van der Waals surface area contributed by atoms with E-state index in [2.05, 4.69) is 6.92 Å². The van der Waals surface area contributed by atoms with Gasteiger partial charge in [-0.05, 0) is 59.9 Å². The van der Waals surface area contributed by atoms with Gasteiger partial charge in [-0.25, -0.2) is 0 Å². The van der Waals surface area contributed by atoms with Crippen molar-refractivity contribution >= 4 is 28.8 Å². The lowest BCUT2D eigenvalue weighted by Gasteiger charge is -2.11. The predicted octanol–water partition coefficient (Wildman–Crippen LogP) is 4.83. The van der Waals surface area contributed by atoms with E-state index in [0.717, 1.165) is 29.3 Å². The van der Waals surface area contributed by atoms with Gasteiger partial charge in [0.15, 0.2) is 17.3 Å². The molecule has 30 heavy (non-hydrogen) atoms. The number of carbonyl (C=O) groups is 1. The van der Waals surface area contributed by atoms with E-state index in [9.17, 15) is 9.59 Å². The molecule has 0 N–H and O–H groups in total. The molecule has 152 valence electrons. The van der Waals surface area contributed by atoms with Crippen molar-refractivity contribution in [3.8, 4) is 11.5 Å². The second-order valence-electron chi connectivity index (χ2n) is 7.15. The molecule has 4 rings (SSSR count). The molecule has 0 unspecified atom stereocenters. The molecule has 0 bridgehead atoms. The first-order valence-electron chi connectivity index (χ1n) is 10.1. The molecule has 0 spiro atoms. The molecule has 2 heterocycles. The molecule has 5 nitrogen and oxygen atoms in total. The maximum atomic E-state index is 12.9. The van der Waals surface area contributed by atoms with E-state index in [-0.39, 0.29) is 18.1 Å². The van der Waals surface area contributed by atoms with Gasteiger partial charge >= 0.3 is 0 Å². The summed E-state index contributed by atoms with van der Waals surface area (Å²) in [5, 5.41) is 0.983. The van der Waals surface area contributed by atoms with Crippen molar-refractivity contribution in [2.75, 3.05) is 6.79 Å². The first-order chi connectivity index (χ1) is 14.7. The van der Waals surface area contributed by atoms with Crippen molar-refractivity contribution in [3.63, 3.8) is 0 Å². The number of pyridine rings is 1. The molecule has 0 aliphatic carbocycles. The number of allylic oxidation sites excluding steroid dienone is 2. The molecule has 0 saturated heterocycles. The molecule has 0 saturated carbocycles. The Hall–Kier alpha value is -3.60. The summed E-state index contributed by atoms with van der Waals surface area (Å²) in [5.41, 5.74) is 2.19. The van der Waals surface area contributed by atoms with Crippen molar-refractivity contribution in [2.45, 2.75) is 26.3 Å². The second-order valence-corrected chi connectivity index (χ2v) is 7.15. The zero-order valence-electron chi connectivity index (χ0n) is 16.8. The van der Waals surface area contributed by atoms with Gasteiger partial charge in [-0.3, -0.25) is 9.59 Å². The van der Waals surface area contributed by atoms with Crippen molar-refractivity contribution in [2.24, 2.45) is 0 Å². The molecule has 0 radical (unpaired) electrons. The molecular weight excluding hydrogens is 378 g/mol. The third-order valence-corrected chi connectivity index (χ3v) is 5.03. The fourth-order valence-corrected chi connectivity index (χ4v) is 3.43. The van der Waals surface area contributed by atoms with Gasteiger partial charge in [0, 0.05) is 12.1 Å². The summed E-state index contributed by atoms with van der Waals surface area (Å²) in [4.78, 5) is 25.3. The number of nitrogens with zero attached hydrogens (tertiary/aromatic N) is 1. The molecule has 0 amide bonds. The average Bonchev–Trinajstić information content (AvgIpc) is 3.23. The Morgan fingerprint density at radius 1 is 1.03 bits per heavy atom. The third-order valence-electron chi connectivity index (χ3n) is 5.03. The zero-order valence-corrected chi connectivity index (χ0v) is 16.8. The number of rotatable bonds is 7. The van der Waals surface area contributed by atoms with Gasteiger partial charge < -0.3 is 14.0 Å². The van der Waals surface area contributed by atoms with E-state index in [4.69, 9.17) is 9.47 Å². The number of fused-ring (bicyclic) bond motifs is 2. The van der Waals surface area contributed by atoms with Gasteiger partial charge in [0.1, 0.15) is 0 Å². The largest absolute Gasteiger partial charge is 0.454 e. The highest BCUT2D eigenvalue weighted by Crippen LogP contribution is 2.32. The minimum Gasteiger partial charge on any atom is -0.454 e. The summed E-state index contributed by atoms with van der Waals surface area (Å²) >= 11 is 0. The van der Waals surface area contributed by atoms with E-state index < -0.39 is 0 Å². The fraction of sp³-hybridized carbons (Fsp3) is 0.200. The highest BCUT2D eigenvalue weighted by molar-refractivity contribution is 6.04. The SMILES string of the molecule is CCCCn1c(=O)c(/C=C/C(=O)/C=C/c2ccc3c(c2)OCO3)cc2ccccc21. The van der Waals surface area contributed by atoms with Gasteiger partial charge in [-0.2, -0.15) is 0 Å². The fourth-order valence-electron chi connectivity index (χ4n) is 3.43. The van der Waals surface area contributed by atoms with Crippen LogP contribution in [-0.4, -0.2) is 17.1 Å². The van der Waals surface area contributed by atoms with Crippen molar-refractivity contribution in [1.82, 2.24) is 4.57 Å². The molecule has 3 aromatic rings. The number of para-hydroxylation sites is 1. The molecule has 2 aromatic carbocycles. The van der Waals surface area contributed by atoms with Crippen LogP contribution < -0.4 is 15.0 Å². The van der Waals surface area contributed by atoms with E-state index in [1.54, 1.807) is 16.7 Å². The first-order valence-corrected chi connectivity index (χ1v) is 10.1. The number of unbranched alkanes of at least 4 members (excludes halogenated alkanes) is 1.